The maximum absolute atomic E-state index is 11.9. The Hall–Kier alpha value is -2.82. The molecule has 5 nitrogen and oxygen atoms in total. The van der Waals surface area contributed by atoms with Gasteiger partial charge >= 0.3 is 0 Å². The predicted molar refractivity (Wildman–Crippen MR) is 97.8 cm³/mol. The second kappa shape index (κ2) is 8.15. The molecule has 1 amide bonds. The zero-order valence-electron chi connectivity index (χ0n) is 14.5. The topological polar surface area (TPSA) is 62.7 Å². The fourth-order valence-corrected chi connectivity index (χ4v) is 2.36. The molecule has 24 heavy (non-hydrogen) atoms. The molecule has 2 rings (SSSR count). The molecule has 2 aromatic rings. The Bertz CT molecular complexity index is 737. The van der Waals surface area contributed by atoms with Crippen LogP contribution in [-0.2, 0) is 4.79 Å². The summed E-state index contributed by atoms with van der Waals surface area (Å²) in [6.45, 7) is 6.12. The number of nitrogens with one attached hydrogen (secondary N) is 2. The van der Waals surface area contributed by atoms with Crippen LogP contribution in [0.15, 0.2) is 47.6 Å². The molecule has 0 spiro atoms. The summed E-state index contributed by atoms with van der Waals surface area (Å²) < 4.78 is 5.09. The number of methoxy groups -OCH3 is 1. The zero-order chi connectivity index (χ0) is 17.5. The maximum Gasteiger partial charge on any atom is 0.259 e. The summed E-state index contributed by atoms with van der Waals surface area (Å²) in [6, 6.07) is 13.5. The Morgan fingerprint density at radius 3 is 2.46 bits per heavy atom. The number of amides is 1. The summed E-state index contributed by atoms with van der Waals surface area (Å²) >= 11 is 0. The van der Waals surface area contributed by atoms with Gasteiger partial charge < -0.3 is 10.1 Å². The van der Waals surface area contributed by atoms with Gasteiger partial charge in [0.05, 0.1) is 19.4 Å². The van der Waals surface area contributed by atoms with Gasteiger partial charge in [-0.1, -0.05) is 23.8 Å². The molecule has 0 aromatic heterocycles. The average Bonchev–Trinajstić information content (AvgIpc) is 2.58. The summed E-state index contributed by atoms with van der Waals surface area (Å²) in [7, 11) is 1.62. The van der Waals surface area contributed by atoms with Crippen molar-refractivity contribution in [3.05, 3.63) is 59.2 Å². The van der Waals surface area contributed by atoms with Crippen molar-refractivity contribution in [2.45, 2.75) is 20.8 Å². The number of ether oxygens (including phenoxy) is 1. The number of carbonyl (C=O) groups is 1. The van der Waals surface area contributed by atoms with E-state index in [1.165, 1.54) is 5.56 Å². The van der Waals surface area contributed by atoms with Crippen molar-refractivity contribution in [1.82, 2.24) is 5.43 Å². The summed E-state index contributed by atoms with van der Waals surface area (Å²) in [4.78, 5) is 11.9. The van der Waals surface area contributed by atoms with Crippen LogP contribution in [0.2, 0.25) is 0 Å². The molecule has 0 saturated heterocycles. The summed E-state index contributed by atoms with van der Waals surface area (Å²) in [5.41, 5.74) is 7.59. The molecule has 2 aromatic carbocycles. The minimum absolute atomic E-state index is 0.149. The SMILES string of the molecule is COc1ccc(NCC(=O)N/N=C(/C)c2ccc(C)cc2C)cc1. The average molecular weight is 325 g/mol. The number of nitrogens with zero attached hydrogens (tertiary/aromatic N) is 1. The highest BCUT2D eigenvalue weighted by molar-refractivity contribution is 6.00. The van der Waals surface area contributed by atoms with Crippen LogP contribution in [0.25, 0.3) is 0 Å². The molecule has 0 bridgehead atoms. The Balaban J connectivity index is 1.89. The second-order valence-corrected chi connectivity index (χ2v) is 5.63. The van der Waals surface area contributed by atoms with Crippen LogP contribution in [-0.4, -0.2) is 25.3 Å². The zero-order valence-corrected chi connectivity index (χ0v) is 14.5. The van der Waals surface area contributed by atoms with Gasteiger partial charge in [0.15, 0.2) is 0 Å². The van der Waals surface area contributed by atoms with Gasteiger partial charge in [0.1, 0.15) is 5.75 Å². The van der Waals surface area contributed by atoms with Gasteiger partial charge in [0.25, 0.3) is 5.91 Å². The van der Waals surface area contributed by atoms with Gasteiger partial charge in [0, 0.05) is 11.3 Å². The quantitative estimate of drug-likeness (QED) is 0.633. The molecule has 5 heteroatoms. The molecule has 0 saturated carbocycles. The molecule has 0 radical (unpaired) electrons. The highest BCUT2D eigenvalue weighted by atomic mass is 16.5. The van der Waals surface area contributed by atoms with E-state index < -0.39 is 0 Å². The molecule has 0 atom stereocenters. The first-order chi connectivity index (χ1) is 11.5. The third-order valence-corrected chi connectivity index (χ3v) is 3.66. The van der Waals surface area contributed by atoms with E-state index in [2.05, 4.69) is 28.8 Å². The third kappa shape index (κ3) is 4.84. The lowest BCUT2D eigenvalue weighted by molar-refractivity contribution is -0.119. The smallest absolute Gasteiger partial charge is 0.259 e. The van der Waals surface area contributed by atoms with E-state index >= 15 is 0 Å². The Kier molecular flexibility index (Phi) is 5.95. The van der Waals surface area contributed by atoms with Gasteiger partial charge in [-0.2, -0.15) is 5.10 Å². The minimum atomic E-state index is -0.199. The molecule has 2 N–H and O–H groups in total. The van der Waals surface area contributed by atoms with Crippen molar-refractivity contribution in [2.75, 3.05) is 19.0 Å². The molecule has 0 aliphatic heterocycles. The number of rotatable bonds is 6. The lowest BCUT2D eigenvalue weighted by Crippen LogP contribution is -2.26. The van der Waals surface area contributed by atoms with E-state index in [9.17, 15) is 4.79 Å². The molecular weight excluding hydrogens is 302 g/mol. The van der Waals surface area contributed by atoms with Crippen LogP contribution in [0.5, 0.6) is 5.75 Å². The van der Waals surface area contributed by atoms with Crippen LogP contribution >= 0.6 is 0 Å². The third-order valence-electron chi connectivity index (χ3n) is 3.66. The van der Waals surface area contributed by atoms with E-state index in [4.69, 9.17) is 4.74 Å². The predicted octanol–water partition coefficient (Wildman–Crippen LogP) is 3.26. The molecule has 0 unspecified atom stereocenters. The van der Waals surface area contributed by atoms with E-state index in [-0.39, 0.29) is 12.5 Å². The number of hydrogen-bond acceptors (Lipinski definition) is 4. The Morgan fingerprint density at radius 1 is 1.12 bits per heavy atom. The van der Waals surface area contributed by atoms with Crippen LogP contribution < -0.4 is 15.5 Å². The largest absolute Gasteiger partial charge is 0.497 e. The molecule has 0 aliphatic rings. The van der Waals surface area contributed by atoms with Crippen molar-refractivity contribution < 1.29 is 9.53 Å². The fraction of sp³-hybridized carbons (Fsp3) is 0.263. The number of hydrogen-bond donors (Lipinski definition) is 2. The first kappa shape index (κ1) is 17.5. The van der Waals surface area contributed by atoms with Crippen LogP contribution in [0, 0.1) is 13.8 Å². The lowest BCUT2D eigenvalue weighted by Gasteiger charge is -2.08. The van der Waals surface area contributed by atoms with Crippen LogP contribution in [0.3, 0.4) is 0 Å². The first-order valence-corrected chi connectivity index (χ1v) is 7.78. The van der Waals surface area contributed by atoms with Crippen LogP contribution in [0.1, 0.15) is 23.6 Å². The van der Waals surface area contributed by atoms with E-state index in [1.54, 1.807) is 7.11 Å². The highest BCUT2D eigenvalue weighted by Gasteiger charge is 2.04. The van der Waals surface area contributed by atoms with Crippen LogP contribution in [0.4, 0.5) is 5.69 Å². The highest BCUT2D eigenvalue weighted by Crippen LogP contribution is 2.14. The second-order valence-electron chi connectivity index (χ2n) is 5.63. The standard InChI is InChI=1S/C19H23N3O2/c1-13-5-10-18(14(2)11-13)15(3)21-22-19(23)12-20-16-6-8-17(24-4)9-7-16/h5-11,20H,12H2,1-4H3,(H,22,23)/b21-15-. The minimum Gasteiger partial charge on any atom is -0.497 e. The van der Waals surface area contributed by atoms with Crippen molar-refractivity contribution >= 4 is 17.3 Å². The van der Waals surface area contributed by atoms with Gasteiger partial charge in [-0.15, -0.1) is 0 Å². The van der Waals surface area contributed by atoms with Gasteiger partial charge in [0.2, 0.25) is 0 Å². The van der Waals surface area contributed by atoms with E-state index in [0.29, 0.717) is 0 Å². The molecular formula is C19H23N3O2. The number of hydrazone groups is 1. The first-order valence-electron chi connectivity index (χ1n) is 7.78. The van der Waals surface area contributed by atoms with Crippen molar-refractivity contribution in [1.29, 1.82) is 0 Å². The van der Waals surface area contributed by atoms with Crippen molar-refractivity contribution in [2.24, 2.45) is 5.10 Å². The van der Waals surface area contributed by atoms with Crippen molar-refractivity contribution in [3.63, 3.8) is 0 Å². The van der Waals surface area contributed by atoms with Gasteiger partial charge in [-0.3, -0.25) is 4.79 Å². The Morgan fingerprint density at radius 2 is 1.83 bits per heavy atom. The molecule has 0 aliphatic carbocycles. The Labute approximate surface area is 142 Å². The van der Waals surface area contributed by atoms with Gasteiger partial charge in [-0.25, -0.2) is 5.43 Å². The monoisotopic (exact) mass is 325 g/mol. The number of anilines is 1. The molecule has 126 valence electrons. The molecule has 0 fully saturated rings. The number of benzene rings is 2. The number of aryl methyl sites for hydroxylation is 2. The normalized spacial score (nSPS) is 11.1. The van der Waals surface area contributed by atoms with E-state index in [1.807, 2.05) is 50.2 Å². The lowest BCUT2D eigenvalue weighted by atomic mass is 10.0. The van der Waals surface area contributed by atoms with Crippen molar-refractivity contribution in [3.8, 4) is 5.75 Å². The van der Waals surface area contributed by atoms with E-state index in [0.717, 1.165) is 28.3 Å². The summed E-state index contributed by atoms with van der Waals surface area (Å²) in [6.07, 6.45) is 0. The number of carbonyl (C=O) groups excluding carboxylic acids is 1. The van der Waals surface area contributed by atoms with Gasteiger partial charge in [-0.05, 0) is 50.6 Å². The maximum atomic E-state index is 11.9. The summed E-state index contributed by atoms with van der Waals surface area (Å²) in [5.74, 6) is 0.577. The fourth-order valence-electron chi connectivity index (χ4n) is 2.36. The molecule has 0 heterocycles. The summed E-state index contributed by atoms with van der Waals surface area (Å²) in [5, 5.41) is 7.22.